The third-order valence-electron chi connectivity index (χ3n) is 3.01. The second kappa shape index (κ2) is 3.00. The van der Waals surface area contributed by atoms with Crippen molar-refractivity contribution in [1.82, 2.24) is 0 Å². The zero-order chi connectivity index (χ0) is 8.44. The van der Waals surface area contributed by atoms with Crippen LogP contribution in [0.15, 0.2) is 4.99 Å². The molecule has 1 saturated heterocycles. The number of nitrogens with zero attached hydrogens (tertiary/aromatic N) is 1. The van der Waals surface area contributed by atoms with E-state index in [1.165, 1.54) is 0 Å². The summed E-state index contributed by atoms with van der Waals surface area (Å²) >= 11 is 0. The Morgan fingerprint density at radius 1 is 1.33 bits per heavy atom. The molecule has 3 heteroatoms. The number of ether oxygens (including phenoxy) is 1. The molecule has 1 heterocycles. The maximum absolute atomic E-state index is 10.2. The van der Waals surface area contributed by atoms with Gasteiger partial charge in [0.1, 0.15) is 0 Å². The molecule has 66 valence electrons. The van der Waals surface area contributed by atoms with Gasteiger partial charge in [-0.3, -0.25) is 0 Å². The average Bonchev–Trinajstić information content (AvgIpc) is 2.88. The normalized spacial score (nSPS) is 27.7. The molecule has 2 rings (SSSR count). The van der Waals surface area contributed by atoms with Gasteiger partial charge in [0.2, 0.25) is 6.08 Å². The standard InChI is InChI=1S/C9H13NO2/c11-7-10-9(3-4-9)8-1-5-12-6-2-8/h8H,1-6H2. The van der Waals surface area contributed by atoms with Crippen LogP contribution in [0.4, 0.5) is 0 Å². The molecule has 0 amide bonds. The van der Waals surface area contributed by atoms with Gasteiger partial charge in [-0.15, -0.1) is 0 Å². The van der Waals surface area contributed by atoms with E-state index in [-0.39, 0.29) is 5.54 Å². The molecule has 0 aromatic heterocycles. The van der Waals surface area contributed by atoms with Gasteiger partial charge in [0.05, 0.1) is 5.54 Å². The molecule has 0 unspecified atom stereocenters. The van der Waals surface area contributed by atoms with Crippen molar-refractivity contribution < 1.29 is 9.53 Å². The summed E-state index contributed by atoms with van der Waals surface area (Å²) in [6.45, 7) is 1.67. The molecule has 0 radical (unpaired) electrons. The van der Waals surface area contributed by atoms with Crippen molar-refractivity contribution in [3.05, 3.63) is 0 Å². The summed E-state index contributed by atoms with van der Waals surface area (Å²) in [6, 6.07) is 0. The van der Waals surface area contributed by atoms with E-state index in [4.69, 9.17) is 4.74 Å². The molecule has 1 aliphatic carbocycles. The highest BCUT2D eigenvalue weighted by Gasteiger charge is 2.49. The van der Waals surface area contributed by atoms with Crippen LogP contribution >= 0.6 is 0 Å². The van der Waals surface area contributed by atoms with Crippen molar-refractivity contribution in [2.75, 3.05) is 13.2 Å². The summed E-state index contributed by atoms with van der Waals surface area (Å²) in [7, 11) is 0. The van der Waals surface area contributed by atoms with Gasteiger partial charge in [-0.1, -0.05) is 0 Å². The van der Waals surface area contributed by atoms with Crippen molar-refractivity contribution in [3.63, 3.8) is 0 Å². The minimum atomic E-state index is -0.00840. The molecule has 0 aromatic carbocycles. The average molecular weight is 167 g/mol. The monoisotopic (exact) mass is 167 g/mol. The third-order valence-corrected chi connectivity index (χ3v) is 3.01. The fraction of sp³-hybridized carbons (Fsp3) is 0.889. The van der Waals surface area contributed by atoms with E-state index >= 15 is 0 Å². The lowest BCUT2D eigenvalue weighted by molar-refractivity contribution is 0.0555. The topological polar surface area (TPSA) is 38.7 Å². The summed E-state index contributed by atoms with van der Waals surface area (Å²) in [4.78, 5) is 14.1. The molecule has 2 fully saturated rings. The summed E-state index contributed by atoms with van der Waals surface area (Å²) in [5, 5.41) is 0. The predicted octanol–water partition coefficient (Wildman–Crippen LogP) is 1.28. The Bertz CT molecular complexity index is 211. The van der Waals surface area contributed by atoms with Gasteiger partial charge in [-0.25, -0.2) is 4.79 Å². The largest absolute Gasteiger partial charge is 0.381 e. The summed E-state index contributed by atoms with van der Waals surface area (Å²) in [6.07, 6.45) is 5.98. The molecule has 0 spiro atoms. The molecule has 0 bridgehead atoms. The van der Waals surface area contributed by atoms with Gasteiger partial charge in [0.25, 0.3) is 0 Å². The minimum Gasteiger partial charge on any atom is -0.381 e. The summed E-state index contributed by atoms with van der Waals surface area (Å²) in [5.74, 6) is 0.577. The van der Waals surface area contributed by atoms with Gasteiger partial charge < -0.3 is 4.74 Å². The van der Waals surface area contributed by atoms with Gasteiger partial charge >= 0.3 is 0 Å². The molecule has 3 nitrogen and oxygen atoms in total. The summed E-state index contributed by atoms with van der Waals surface area (Å²) < 4.78 is 5.26. The molecule has 1 aliphatic heterocycles. The van der Waals surface area contributed by atoms with Gasteiger partial charge in [0.15, 0.2) is 0 Å². The van der Waals surface area contributed by atoms with Crippen LogP contribution in [0.5, 0.6) is 0 Å². The van der Waals surface area contributed by atoms with Crippen molar-refractivity contribution in [3.8, 4) is 0 Å². The highest BCUT2D eigenvalue weighted by Crippen LogP contribution is 2.49. The smallest absolute Gasteiger partial charge is 0.235 e. The lowest BCUT2D eigenvalue weighted by Gasteiger charge is -2.26. The van der Waals surface area contributed by atoms with E-state index < -0.39 is 0 Å². The van der Waals surface area contributed by atoms with E-state index in [2.05, 4.69) is 4.99 Å². The fourth-order valence-corrected chi connectivity index (χ4v) is 2.07. The van der Waals surface area contributed by atoms with Crippen LogP contribution in [0.25, 0.3) is 0 Å². The molecular formula is C9H13NO2. The van der Waals surface area contributed by atoms with E-state index in [1.54, 1.807) is 6.08 Å². The van der Waals surface area contributed by atoms with E-state index in [9.17, 15) is 4.79 Å². The predicted molar refractivity (Wildman–Crippen MR) is 43.6 cm³/mol. The molecule has 0 aromatic rings. The van der Waals surface area contributed by atoms with E-state index in [0.717, 1.165) is 38.9 Å². The maximum Gasteiger partial charge on any atom is 0.235 e. The number of isocyanates is 1. The Hall–Kier alpha value is -0.660. The number of hydrogen-bond acceptors (Lipinski definition) is 3. The highest BCUT2D eigenvalue weighted by molar-refractivity contribution is 5.37. The lowest BCUT2D eigenvalue weighted by atomic mass is 9.90. The van der Waals surface area contributed by atoms with Crippen LogP contribution in [0.2, 0.25) is 0 Å². The number of hydrogen-bond donors (Lipinski definition) is 0. The second-order valence-corrected chi connectivity index (χ2v) is 3.69. The Kier molecular flexibility index (Phi) is 1.99. The quantitative estimate of drug-likeness (QED) is 0.459. The zero-order valence-electron chi connectivity index (χ0n) is 7.08. The van der Waals surface area contributed by atoms with Gasteiger partial charge in [-0.05, 0) is 31.6 Å². The Morgan fingerprint density at radius 3 is 2.50 bits per heavy atom. The number of carbonyl (C=O) groups excluding carboxylic acids is 1. The van der Waals surface area contributed by atoms with Crippen LogP contribution in [-0.4, -0.2) is 24.8 Å². The molecule has 12 heavy (non-hydrogen) atoms. The first-order chi connectivity index (χ1) is 5.87. The Balaban J connectivity index is 2.02. The SMILES string of the molecule is O=C=NC1(C2CCOCC2)CC1. The van der Waals surface area contributed by atoms with Crippen molar-refractivity contribution >= 4 is 6.08 Å². The molecule has 0 N–H and O–H groups in total. The first kappa shape index (κ1) is 7.96. The summed E-state index contributed by atoms with van der Waals surface area (Å²) in [5.41, 5.74) is -0.00840. The maximum atomic E-state index is 10.2. The second-order valence-electron chi connectivity index (χ2n) is 3.69. The van der Waals surface area contributed by atoms with Crippen LogP contribution in [0.3, 0.4) is 0 Å². The van der Waals surface area contributed by atoms with Crippen LogP contribution in [0.1, 0.15) is 25.7 Å². The molecule has 2 aliphatic rings. The highest BCUT2D eigenvalue weighted by atomic mass is 16.5. The van der Waals surface area contributed by atoms with Gasteiger partial charge in [-0.2, -0.15) is 4.99 Å². The fourth-order valence-electron chi connectivity index (χ4n) is 2.07. The van der Waals surface area contributed by atoms with Crippen LogP contribution in [0, 0.1) is 5.92 Å². The molecule has 1 saturated carbocycles. The first-order valence-electron chi connectivity index (χ1n) is 4.54. The van der Waals surface area contributed by atoms with Gasteiger partial charge in [0, 0.05) is 13.2 Å². The number of rotatable bonds is 2. The molecular weight excluding hydrogens is 154 g/mol. The zero-order valence-corrected chi connectivity index (χ0v) is 7.08. The van der Waals surface area contributed by atoms with Crippen LogP contribution < -0.4 is 0 Å². The Labute approximate surface area is 71.8 Å². The van der Waals surface area contributed by atoms with Crippen molar-refractivity contribution in [1.29, 1.82) is 0 Å². The van der Waals surface area contributed by atoms with Crippen molar-refractivity contribution in [2.45, 2.75) is 31.2 Å². The third kappa shape index (κ3) is 1.30. The van der Waals surface area contributed by atoms with E-state index in [1.807, 2.05) is 0 Å². The Morgan fingerprint density at radius 2 is 2.00 bits per heavy atom. The number of aliphatic imine (C=N–C) groups is 1. The first-order valence-corrected chi connectivity index (χ1v) is 4.54. The minimum absolute atomic E-state index is 0.00840. The van der Waals surface area contributed by atoms with Crippen molar-refractivity contribution in [2.24, 2.45) is 10.9 Å². The molecule has 0 atom stereocenters. The van der Waals surface area contributed by atoms with E-state index in [0.29, 0.717) is 5.92 Å². The van der Waals surface area contributed by atoms with Crippen LogP contribution in [-0.2, 0) is 9.53 Å². The lowest BCUT2D eigenvalue weighted by Crippen LogP contribution is -2.27.